The van der Waals surface area contributed by atoms with E-state index < -0.39 is 12.6 Å². The second kappa shape index (κ2) is 6.99. The maximum absolute atomic E-state index is 12.0. The van der Waals surface area contributed by atoms with Gasteiger partial charge in [0.05, 0.1) is 6.61 Å². The van der Waals surface area contributed by atoms with Gasteiger partial charge in [0.15, 0.2) is 0 Å². The van der Waals surface area contributed by atoms with Gasteiger partial charge in [0.25, 0.3) is 0 Å². The molecule has 6 heteroatoms. The molecule has 1 aromatic carbocycles. The minimum Gasteiger partial charge on any atom is -0.493 e. The Morgan fingerprint density at radius 2 is 2.06 bits per heavy atom. The molecule has 1 N–H and O–H groups in total. The SMILES string of the molecule is CNCc1cc(Br)ccc1OCCCC(F)(F)F. The molecular formula is C12H15BrF3NO. The zero-order chi connectivity index (χ0) is 13.6. The van der Waals surface area contributed by atoms with Crippen LogP contribution in [0.5, 0.6) is 5.75 Å². The number of benzene rings is 1. The van der Waals surface area contributed by atoms with Gasteiger partial charge in [-0.1, -0.05) is 15.9 Å². The number of rotatable bonds is 6. The van der Waals surface area contributed by atoms with E-state index in [1.54, 1.807) is 19.2 Å². The van der Waals surface area contributed by atoms with Gasteiger partial charge in [-0.3, -0.25) is 0 Å². The van der Waals surface area contributed by atoms with Crippen molar-refractivity contribution in [2.75, 3.05) is 13.7 Å². The molecule has 0 radical (unpaired) electrons. The van der Waals surface area contributed by atoms with Crippen LogP contribution in [0.25, 0.3) is 0 Å². The van der Waals surface area contributed by atoms with E-state index in [0.29, 0.717) is 12.3 Å². The highest BCUT2D eigenvalue weighted by Gasteiger charge is 2.26. The van der Waals surface area contributed by atoms with Crippen molar-refractivity contribution in [3.63, 3.8) is 0 Å². The lowest BCUT2D eigenvalue weighted by Crippen LogP contribution is -2.11. The summed E-state index contributed by atoms with van der Waals surface area (Å²) in [6.07, 6.45) is -4.96. The quantitative estimate of drug-likeness (QED) is 0.801. The molecule has 0 fully saturated rings. The molecule has 0 aromatic heterocycles. The van der Waals surface area contributed by atoms with Crippen molar-refractivity contribution in [2.24, 2.45) is 0 Å². The third-order valence-electron chi connectivity index (χ3n) is 2.25. The van der Waals surface area contributed by atoms with E-state index in [9.17, 15) is 13.2 Å². The Bertz CT molecular complexity index is 382. The molecule has 0 saturated carbocycles. The molecule has 0 atom stereocenters. The van der Waals surface area contributed by atoms with Gasteiger partial charge < -0.3 is 10.1 Å². The van der Waals surface area contributed by atoms with Crippen molar-refractivity contribution in [1.29, 1.82) is 0 Å². The molecule has 0 saturated heterocycles. The highest BCUT2D eigenvalue weighted by molar-refractivity contribution is 9.10. The second-order valence-corrected chi connectivity index (χ2v) is 4.77. The van der Waals surface area contributed by atoms with Gasteiger partial charge in [0.2, 0.25) is 0 Å². The lowest BCUT2D eigenvalue weighted by molar-refractivity contribution is -0.136. The number of hydrogen-bond donors (Lipinski definition) is 1. The number of ether oxygens (including phenoxy) is 1. The van der Waals surface area contributed by atoms with E-state index in [4.69, 9.17) is 4.74 Å². The normalized spacial score (nSPS) is 11.6. The first-order chi connectivity index (χ1) is 8.42. The van der Waals surface area contributed by atoms with Gasteiger partial charge in [-0.2, -0.15) is 13.2 Å². The van der Waals surface area contributed by atoms with Gasteiger partial charge in [-0.25, -0.2) is 0 Å². The predicted molar refractivity (Wildman–Crippen MR) is 67.7 cm³/mol. The maximum Gasteiger partial charge on any atom is 0.389 e. The third kappa shape index (κ3) is 5.73. The summed E-state index contributed by atoms with van der Waals surface area (Å²) in [4.78, 5) is 0. The monoisotopic (exact) mass is 325 g/mol. The molecule has 0 aliphatic carbocycles. The van der Waals surface area contributed by atoms with Crippen LogP contribution in [0, 0.1) is 0 Å². The van der Waals surface area contributed by atoms with E-state index >= 15 is 0 Å². The largest absolute Gasteiger partial charge is 0.493 e. The minimum atomic E-state index is -4.11. The van der Waals surface area contributed by atoms with Gasteiger partial charge in [-0.05, 0) is 31.7 Å². The van der Waals surface area contributed by atoms with Crippen molar-refractivity contribution < 1.29 is 17.9 Å². The fourth-order valence-corrected chi connectivity index (χ4v) is 1.88. The zero-order valence-corrected chi connectivity index (χ0v) is 11.6. The Morgan fingerprint density at radius 3 is 2.67 bits per heavy atom. The first kappa shape index (κ1) is 15.3. The molecule has 1 aromatic rings. The second-order valence-electron chi connectivity index (χ2n) is 3.85. The summed E-state index contributed by atoms with van der Waals surface area (Å²) in [6.45, 7) is 0.673. The molecule has 102 valence electrons. The number of alkyl halides is 3. The minimum absolute atomic E-state index is 0.0292. The molecule has 0 aliphatic rings. The highest BCUT2D eigenvalue weighted by Crippen LogP contribution is 2.25. The van der Waals surface area contributed by atoms with E-state index in [2.05, 4.69) is 21.2 Å². The van der Waals surface area contributed by atoms with E-state index in [1.165, 1.54) is 0 Å². The lowest BCUT2D eigenvalue weighted by Gasteiger charge is -2.12. The number of nitrogens with one attached hydrogen (secondary N) is 1. The van der Waals surface area contributed by atoms with Crippen LogP contribution in [0.4, 0.5) is 13.2 Å². The predicted octanol–water partition coefficient (Wildman–Crippen LogP) is 3.89. The molecule has 18 heavy (non-hydrogen) atoms. The average molecular weight is 326 g/mol. The maximum atomic E-state index is 12.0. The summed E-state index contributed by atoms with van der Waals surface area (Å²) < 4.78 is 42.2. The topological polar surface area (TPSA) is 21.3 Å². The van der Waals surface area contributed by atoms with Gasteiger partial charge in [0.1, 0.15) is 5.75 Å². The standard InChI is InChI=1S/C12H15BrF3NO/c1-17-8-9-7-10(13)3-4-11(9)18-6-2-5-12(14,15)16/h3-4,7,17H,2,5-6,8H2,1H3. The van der Waals surface area contributed by atoms with Crippen LogP contribution in [0.3, 0.4) is 0 Å². The Balaban J connectivity index is 2.51. The van der Waals surface area contributed by atoms with E-state index in [-0.39, 0.29) is 13.0 Å². The van der Waals surface area contributed by atoms with Crippen LogP contribution < -0.4 is 10.1 Å². The third-order valence-corrected chi connectivity index (χ3v) is 2.75. The summed E-state index contributed by atoms with van der Waals surface area (Å²) in [5, 5.41) is 2.99. The fraction of sp³-hybridized carbons (Fsp3) is 0.500. The molecule has 2 nitrogen and oxygen atoms in total. The van der Waals surface area contributed by atoms with Crippen LogP contribution >= 0.6 is 15.9 Å². The van der Waals surface area contributed by atoms with Crippen molar-refractivity contribution in [2.45, 2.75) is 25.6 Å². The summed E-state index contributed by atoms with van der Waals surface area (Å²) in [5.41, 5.74) is 0.916. The van der Waals surface area contributed by atoms with Crippen molar-refractivity contribution >= 4 is 15.9 Å². The first-order valence-corrected chi connectivity index (χ1v) is 6.34. The molecule has 0 unspecified atom stereocenters. The smallest absolute Gasteiger partial charge is 0.389 e. The molecule has 0 amide bonds. The van der Waals surface area contributed by atoms with Crippen LogP contribution in [-0.2, 0) is 6.54 Å². The van der Waals surface area contributed by atoms with Crippen molar-refractivity contribution in [3.8, 4) is 5.75 Å². The first-order valence-electron chi connectivity index (χ1n) is 5.55. The van der Waals surface area contributed by atoms with E-state index in [0.717, 1.165) is 10.0 Å². The number of halogens is 4. The Hall–Kier alpha value is -0.750. The van der Waals surface area contributed by atoms with Crippen LogP contribution in [-0.4, -0.2) is 19.8 Å². The Morgan fingerprint density at radius 1 is 1.33 bits per heavy atom. The van der Waals surface area contributed by atoms with Gasteiger partial charge in [-0.15, -0.1) is 0 Å². The summed E-state index contributed by atoms with van der Waals surface area (Å²) in [7, 11) is 1.80. The highest BCUT2D eigenvalue weighted by atomic mass is 79.9. The summed E-state index contributed by atoms with van der Waals surface area (Å²) >= 11 is 3.34. The van der Waals surface area contributed by atoms with Crippen LogP contribution in [0.1, 0.15) is 18.4 Å². The molecule has 0 spiro atoms. The molecular weight excluding hydrogens is 311 g/mol. The van der Waals surface area contributed by atoms with Crippen molar-refractivity contribution in [1.82, 2.24) is 5.32 Å². The number of hydrogen-bond acceptors (Lipinski definition) is 2. The zero-order valence-electron chi connectivity index (χ0n) is 9.98. The molecule has 0 aliphatic heterocycles. The fourth-order valence-electron chi connectivity index (χ4n) is 1.47. The lowest BCUT2D eigenvalue weighted by atomic mass is 10.2. The molecule has 0 heterocycles. The summed E-state index contributed by atoms with van der Waals surface area (Å²) in [5.74, 6) is 0.620. The van der Waals surface area contributed by atoms with Gasteiger partial charge >= 0.3 is 6.18 Å². The van der Waals surface area contributed by atoms with E-state index in [1.807, 2.05) is 6.07 Å². The van der Waals surface area contributed by atoms with Crippen LogP contribution in [0.15, 0.2) is 22.7 Å². The van der Waals surface area contributed by atoms with Crippen LogP contribution in [0.2, 0.25) is 0 Å². The molecule has 1 rings (SSSR count). The van der Waals surface area contributed by atoms with Crippen molar-refractivity contribution in [3.05, 3.63) is 28.2 Å². The average Bonchev–Trinajstić information content (AvgIpc) is 2.26. The van der Waals surface area contributed by atoms with Gasteiger partial charge in [0, 0.05) is 23.0 Å². The molecule has 0 bridgehead atoms. The Labute approximate surface area is 113 Å². The Kier molecular flexibility index (Phi) is 5.95. The summed E-state index contributed by atoms with van der Waals surface area (Å²) in [6, 6.07) is 5.44.